The average Bonchev–Trinajstić information content (AvgIpc) is 3.05. The maximum absolute atomic E-state index is 13.1. The standard InChI is InChI=1S/C14H11F4N3O3S/c1-20(2)12(22)19-13-21(6-10(25-13)11(15)16)7-3-4-8-9(5-7)24-14(17,18)23-8/h3-6,11H,1-2H3/b19-13-. The fourth-order valence-corrected chi connectivity index (χ4v) is 2.83. The van der Waals surface area contributed by atoms with E-state index >= 15 is 0 Å². The molecule has 0 radical (unpaired) electrons. The lowest BCUT2D eigenvalue weighted by Crippen LogP contribution is -2.26. The van der Waals surface area contributed by atoms with Gasteiger partial charge in [0.2, 0.25) is 0 Å². The molecule has 0 fully saturated rings. The molecule has 134 valence electrons. The predicted octanol–water partition coefficient (Wildman–Crippen LogP) is 3.38. The summed E-state index contributed by atoms with van der Waals surface area (Å²) in [6.45, 7) is 0. The fourth-order valence-electron chi connectivity index (χ4n) is 2.00. The van der Waals surface area contributed by atoms with Crippen molar-refractivity contribution < 1.29 is 31.8 Å². The van der Waals surface area contributed by atoms with Gasteiger partial charge in [-0.1, -0.05) is 11.3 Å². The predicted molar refractivity (Wildman–Crippen MR) is 79.5 cm³/mol. The third kappa shape index (κ3) is 3.45. The number of hydrogen-bond acceptors (Lipinski definition) is 4. The molecule has 1 aromatic heterocycles. The van der Waals surface area contributed by atoms with Crippen LogP contribution in [0.5, 0.6) is 11.5 Å². The van der Waals surface area contributed by atoms with E-state index < -0.39 is 18.8 Å². The Labute approximate surface area is 142 Å². The number of thiazole rings is 1. The van der Waals surface area contributed by atoms with E-state index in [1.54, 1.807) is 0 Å². The van der Waals surface area contributed by atoms with Gasteiger partial charge >= 0.3 is 12.3 Å². The molecule has 0 saturated carbocycles. The summed E-state index contributed by atoms with van der Waals surface area (Å²) in [5, 5.41) is 0. The van der Waals surface area contributed by atoms with Crippen LogP contribution in [-0.2, 0) is 0 Å². The summed E-state index contributed by atoms with van der Waals surface area (Å²) < 4.78 is 62.1. The summed E-state index contributed by atoms with van der Waals surface area (Å²) in [6.07, 6.45) is -5.47. The van der Waals surface area contributed by atoms with Gasteiger partial charge in [-0.05, 0) is 12.1 Å². The number of carbonyl (C=O) groups excluding carboxylic acids is 1. The molecule has 1 aliphatic rings. The van der Waals surface area contributed by atoms with E-state index in [0.717, 1.165) is 6.20 Å². The topological polar surface area (TPSA) is 56.1 Å². The van der Waals surface area contributed by atoms with E-state index in [-0.39, 0.29) is 26.9 Å². The van der Waals surface area contributed by atoms with E-state index in [1.807, 2.05) is 0 Å². The van der Waals surface area contributed by atoms with Crippen molar-refractivity contribution in [3.05, 3.63) is 34.1 Å². The zero-order chi connectivity index (χ0) is 18.4. The van der Waals surface area contributed by atoms with Gasteiger partial charge in [-0.25, -0.2) is 13.6 Å². The van der Waals surface area contributed by atoms with Gasteiger partial charge < -0.3 is 14.4 Å². The van der Waals surface area contributed by atoms with Crippen molar-refractivity contribution in [2.75, 3.05) is 14.1 Å². The number of ether oxygens (including phenoxy) is 2. The highest BCUT2D eigenvalue weighted by atomic mass is 32.1. The minimum Gasteiger partial charge on any atom is -0.395 e. The average molecular weight is 377 g/mol. The van der Waals surface area contributed by atoms with Gasteiger partial charge in [0, 0.05) is 26.4 Å². The van der Waals surface area contributed by atoms with Crippen molar-refractivity contribution in [3.63, 3.8) is 0 Å². The number of benzene rings is 1. The number of carbonyl (C=O) groups is 1. The Morgan fingerprint density at radius 2 is 1.96 bits per heavy atom. The minimum atomic E-state index is -3.79. The lowest BCUT2D eigenvalue weighted by Gasteiger charge is -2.06. The maximum atomic E-state index is 13.1. The number of aromatic nitrogens is 1. The Kier molecular flexibility index (Phi) is 4.19. The number of amides is 2. The lowest BCUT2D eigenvalue weighted by atomic mass is 10.3. The lowest BCUT2D eigenvalue weighted by molar-refractivity contribution is -0.286. The Morgan fingerprint density at radius 3 is 2.60 bits per heavy atom. The van der Waals surface area contributed by atoms with Gasteiger partial charge in [-0.3, -0.25) is 4.57 Å². The second-order valence-corrected chi connectivity index (χ2v) is 6.21. The van der Waals surface area contributed by atoms with Gasteiger partial charge in [-0.15, -0.1) is 8.78 Å². The fraction of sp³-hybridized carbons (Fsp3) is 0.286. The smallest absolute Gasteiger partial charge is 0.395 e. The Hall–Kier alpha value is -2.56. The van der Waals surface area contributed by atoms with Crippen LogP contribution >= 0.6 is 11.3 Å². The van der Waals surface area contributed by atoms with Gasteiger partial charge in [0.15, 0.2) is 16.3 Å². The molecule has 11 heteroatoms. The molecular weight excluding hydrogens is 366 g/mol. The molecule has 0 saturated heterocycles. The third-order valence-electron chi connectivity index (χ3n) is 3.12. The molecule has 2 heterocycles. The van der Waals surface area contributed by atoms with Crippen molar-refractivity contribution in [3.8, 4) is 17.2 Å². The van der Waals surface area contributed by atoms with Gasteiger partial charge in [0.1, 0.15) is 0 Å². The number of nitrogens with zero attached hydrogens (tertiary/aromatic N) is 3. The monoisotopic (exact) mass is 377 g/mol. The normalized spacial score (nSPS) is 15.7. The van der Waals surface area contributed by atoms with Crippen LogP contribution < -0.4 is 14.3 Å². The van der Waals surface area contributed by atoms with Gasteiger partial charge in [-0.2, -0.15) is 4.99 Å². The molecule has 2 aromatic rings. The van der Waals surface area contributed by atoms with Crippen LogP contribution in [0.4, 0.5) is 22.4 Å². The molecule has 2 amide bonds. The number of rotatable bonds is 2. The van der Waals surface area contributed by atoms with Crippen LogP contribution in [-0.4, -0.2) is 35.9 Å². The Balaban J connectivity index is 2.10. The molecule has 6 nitrogen and oxygen atoms in total. The van der Waals surface area contributed by atoms with Crippen molar-refractivity contribution in [1.29, 1.82) is 0 Å². The summed E-state index contributed by atoms with van der Waals surface area (Å²) in [5.74, 6) is -0.425. The number of alkyl halides is 4. The van der Waals surface area contributed by atoms with E-state index in [0.29, 0.717) is 11.3 Å². The molecule has 1 aliphatic heterocycles. The van der Waals surface area contributed by atoms with E-state index in [9.17, 15) is 22.4 Å². The molecule has 1 aromatic carbocycles. The Bertz CT molecular complexity index is 892. The first-order valence-corrected chi connectivity index (χ1v) is 7.65. The molecule has 0 N–H and O–H groups in total. The number of urea groups is 1. The van der Waals surface area contributed by atoms with Crippen molar-refractivity contribution in [2.24, 2.45) is 4.99 Å². The summed E-state index contributed by atoms with van der Waals surface area (Å²) in [7, 11) is 2.92. The second kappa shape index (κ2) is 6.06. The summed E-state index contributed by atoms with van der Waals surface area (Å²) in [6, 6.07) is 3.13. The molecule has 0 spiro atoms. The number of halogens is 4. The van der Waals surface area contributed by atoms with Gasteiger partial charge in [0.05, 0.1) is 10.6 Å². The van der Waals surface area contributed by atoms with Gasteiger partial charge in [0.25, 0.3) is 6.43 Å². The van der Waals surface area contributed by atoms with Crippen LogP contribution in [0.3, 0.4) is 0 Å². The van der Waals surface area contributed by atoms with E-state index in [4.69, 9.17) is 0 Å². The first kappa shape index (κ1) is 17.3. The quantitative estimate of drug-likeness (QED) is 0.754. The van der Waals surface area contributed by atoms with E-state index in [1.165, 1.54) is 41.8 Å². The number of fused-ring (bicyclic) bond motifs is 1. The second-order valence-electron chi connectivity index (χ2n) is 5.17. The summed E-state index contributed by atoms with van der Waals surface area (Å²) >= 11 is 0.620. The van der Waals surface area contributed by atoms with Crippen molar-refractivity contribution in [1.82, 2.24) is 9.47 Å². The molecule has 3 rings (SSSR count). The first-order chi connectivity index (χ1) is 11.7. The largest absolute Gasteiger partial charge is 0.586 e. The van der Waals surface area contributed by atoms with Crippen LogP contribution in [0, 0.1) is 0 Å². The number of hydrogen-bond donors (Lipinski definition) is 0. The van der Waals surface area contributed by atoms with E-state index in [2.05, 4.69) is 14.5 Å². The van der Waals surface area contributed by atoms with Crippen molar-refractivity contribution >= 4 is 17.4 Å². The van der Waals surface area contributed by atoms with Crippen LogP contribution in [0.25, 0.3) is 5.69 Å². The molecule has 25 heavy (non-hydrogen) atoms. The SMILES string of the molecule is CN(C)C(=O)/N=c1\sc(C(F)F)cn1-c1ccc2c(c1)OC(F)(F)O2. The first-order valence-electron chi connectivity index (χ1n) is 6.83. The highest BCUT2D eigenvalue weighted by Crippen LogP contribution is 2.41. The molecule has 0 bridgehead atoms. The molecule has 0 aliphatic carbocycles. The molecule has 0 unspecified atom stereocenters. The highest BCUT2D eigenvalue weighted by Gasteiger charge is 2.43. The van der Waals surface area contributed by atoms with Crippen LogP contribution in [0.1, 0.15) is 11.3 Å². The Morgan fingerprint density at radius 1 is 1.28 bits per heavy atom. The molecule has 0 atom stereocenters. The zero-order valence-electron chi connectivity index (χ0n) is 12.9. The van der Waals surface area contributed by atoms with Crippen molar-refractivity contribution in [2.45, 2.75) is 12.7 Å². The summed E-state index contributed by atoms with van der Waals surface area (Å²) in [5.41, 5.74) is 0.216. The highest BCUT2D eigenvalue weighted by molar-refractivity contribution is 7.09. The minimum absolute atomic E-state index is 0.0281. The maximum Gasteiger partial charge on any atom is 0.586 e. The zero-order valence-corrected chi connectivity index (χ0v) is 13.7. The molecular formula is C14H11F4N3O3S. The third-order valence-corrected chi connectivity index (χ3v) is 4.11. The van der Waals surface area contributed by atoms with Crippen LogP contribution in [0.15, 0.2) is 29.4 Å². The van der Waals surface area contributed by atoms with Crippen LogP contribution in [0.2, 0.25) is 0 Å². The summed E-state index contributed by atoms with van der Waals surface area (Å²) in [4.78, 5) is 16.4.